The normalized spacial score (nSPS) is 15.1. The molecule has 3 heterocycles. The summed E-state index contributed by atoms with van der Waals surface area (Å²) in [6, 6.07) is 11.5. The molecule has 412 valence electrons. The number of hydrogen-bond acceptors (Lipinski definition) is 15. The zero-order chi connectivity index (χ0) is 47.6. The molecule has 2 amide bonds. The summed E-state index contributed by atoms with van der Waals surface area (Å²) in [4.78, 5) is 42.3. The first-order valence-corrected chi connectivity index (χ1v) is 25.8. The molecule has 2 aromatic carbocycles. The molecule has 18 nitrogen and oxygen atoms in total. The van der Waals surface area contributed by atoms with Gasteiger partial charge in [-0.2, -0.15) is 4.57 Å². The molecule has 3 aromatic rings. The van der Waals surface area contributed by atoms with E-state index >= 15 is 0 Å². The van der Waals surface area contributed by atoms with E-state index in [1.807, 2.05) is 69.5 Å². The van der Waals surface area contributed by atoms with Gasteiger partial charge in [-0.25, -0.2) is 30.0 Å². The van der Waals surface area contributed by atoms with Gasteiger partial charge < -0.3 is 29.5 Å². The lowest BCUT2D eigenvalue weighted by Crippen LogP contribution is -2.35. The van der Waals surface area contributed by atoms with Crippen molar-refractivity contribution in [3.63, 3.8) is 0 Å². The number of thiazole rings is 1. The number of amides is 2. The van der Waals surface area contributed by atoms with Gasteiger partial charge in [0.2, 0.25) is 5.52 Å². The number of allylic oxidation sites excluding steroid dienone is 5. The third-order valence-electron chi connectivity index (χ3n) is 9.66. The number of anilines is 1. The fourth-order valence-corrected chi connectivity index (χ4v) is 9.54. The molecule has 6 N–H and O–H groups in total. The third kappa shape index (κ3) is 23.6. The van der Waals surface area contributed by atoms with Crippen molar-refractivity contribution < 1.29 is 68.1 Å². The Bertz CT molecular complexity index is 2470. The molecule has 5 rings (SSSR count). The Morgan fingerprint density at radius 3 is 1.89 bits per heavy atom. The Labute approximate surface area is 432 Å². The minimum atomic E-state index is -4.86. The minimum Gasteiger partial charge on any atom is -0.748 e. The number of fused-ring (bicyclic) bond motifs is 2. The van der Waals surface area contributed by atoms with Gasteiger partial charge in [0.25, 0.3) is 16.8 Å². The standard InChI is InChI=1S/C37H43N3O13S4.2C2H6.CH3N.7CH4.H3N/c1-37(21-9-3-6-16-36(43)53-40-33(41)19-20-34(40)42)28-26-27(57(50,51)52)17-18-29(28)38(22-10-24-55(44,45)46)32(37)14-4-2-5-15-35-39(23-11-25-56(47,48)49)30-12-7-8-13-31(30)54-35;3*1-2;;;;;;;;/h2,4-5,7-8,12-15,17-18,26H,3,6,9-11,16,19-25H2,1H3,(H2-,44,45,46,47,48,49,50,51,52);2*1-2H3;2H,1H2;7*1H4;1H3. The van der Waals surface area contributed by atoms with Gasteiger partial charge in [-0.1, -0.05) is 134 Å². The molecule has 1 fully saturated rings. The Hall–Kier alpha value is -4.68. The number of aromatic nitrogens is 1. The SMILES string of the molecule is C.C.C.C.C.C.C.C=[NH2+].CC.CC.CC1(CCCCCC(=O)ON2C(=O)CCC2=O)/C(=C/C=C/C=C/c2sc3ccccc3[n+]2CCCS(=O)(=O)[O-])N(CCCS(=O)(=O)[O-])c2ccc(S(=O)(=O)[O-])cc21.[NH4+]. The molecular weight excluding hydrogens is 995 g/mol. The van der Waals surface area contributed by atoms with Gasteiger partial charge in [-0.15, -0.1) is 5.06 Å². The number of carbonyl (C=O) groups is 3. The smallest absolute Gasteiger partial charge is 0.333 e. The predicted octanol–water partition coefficient (Wildman–Crippen LogP) is 9.08. The number of quaternary nitrogens is 1. The molecule has 0 bridgehead atoms. The van der Waals surface area contributed by atoms with Gasteiger partial charge in [0.15, 0.2) is 6.54 Å². The first-order valence-electron chi connectivity index (χ1n) is 20.5. The zero-order valence-corrected chi connectivity index (χ0v) is 40.5. The van der Waals surface area contributed by atoms with E-state index in [9.17, 15) is 53.3 Å². The van der Waals surface area contributed by atoms with Crippen LogP contribution in [0, 0.1) is 0 Å². The van der Waals surface area contributed by atoms with Crippen LogP contribution in [0.1, 0.15) is 155 Å². The second-order valence-electron chi connectivity index (χ2n) is 13.8. The van der Waals surface area contributed by atoms with Crippen molar-refractivity contribution in [1.82, 2.24) is 11.2 Å². The van der Waals surface area contributed by atoms with Crippen LogP contribution in [-0.2, 0) is 61.5 Å². The van der Waals surface area contributed by atoms with Gasteiger partial charge in [0.05, 0.1) is 25.1 Å². The van der Waals surface area contributed by atoms with Crippen molar-refractivity contribution in [3.8, 4) is 0 Å². The molecule has 1 saturated heterocycles. The quantitative estimate of drug-likeness (QED) is 0.0283. The molecule has 2 aliphatic heterocycles. The topological polar surface area (TPSA) is 304 Å². The zero-order valence-electron chi connectivity index (χ0n) is 37.2. The first-order chi connectivity index (χ1) is 29.8. The number of unbranched alkanes of at least 4 members (excludes halogenated alkanes) is 2. The summed E-state index contributed by atoms with van der Waals surface area (Å²) in [7, 11) is -13.8. The maximum Gasteiger partial charge on any atom is 0.333 e. The van der Waals surface area contributed by atoms with Crippen LogP contribution < -0.4 is 21.0 Å². The Morgan fingerprint density at radius 2 is 1.34 bits per heavy atom. The molecule has 1 atom stereocenters. The van der Waals surface area contributed by atoms with Crippen molar-refractivity contribution in [3.05, 3.63) is 83.0 Å². The van der Waals surface area contributed by atoms with Crippen LogP contribution >= 0.6 is 11.3 Å². The summed E-state index contributed by atoms with van der Waals surface area (Å²) in [5.41, 5.74) is 1.59. The third-order valence-corrected chi connectivity index (χ3v) is 13.2. The van der Waals surface area contributed by atoms with Crippen LogP contribution in [0.25, 0.3) is 16.3 Å². The van der Waals surface area contributed by atoms with Gasteiger partial charge in [-0.05, 0) is 62.1 Å². The summed E-state index contributed by atoms with van der Waals surface area (Å²) in [5, 5.41) is 5.53. The number of hydrogen-bond donors (Lipinski definition) is 2. The van der Waals surface area contributed by atoms with E-state index in [4.69, 9.17) is 4.84 Å². The molecule has 2 aliphatic rings. The average molecular weight is 1080 g/mol. The maximum atomic E-state index is 12.4. The molecular formula is C49H89N5O13S4. The Morgan fingerprint density at radius 1 is 0.789 bits per heavy atom. The lowest BCUT2D eigenvalue weighted by molar-refractivity contribution is -0.668. The maximum absolute atomic E-state index is 12.4. The molecule has 0 saturated carbocycles. The van der Waals surface area contributed by atoms with Crippen LogP contribution in [0.15, 0.2) is 77.4 Å². The molecule has 22 heteroatoms. The van der Waals surface area contributed by atoms with Gasteiger partial charge in [0, 0.05) is 72.7 Å². The predicted molar refractivity (Wildman–Crippen MR) is 291 cm³/mol. The van der Waals surface area contributed by atoms with Gasteiger partial charge >= 0.3 is 5.97 Å². The first kappa shape index (κ1) is 80.4. The number of aryl methyl sites for hydroxylation is 1. The highest BCUT2D eigenvalue weighted by molar-refractivity contribution is 7.86. The number of rotatable bonds is 19. The lowest BCUT2D eigenvalue weighted by atomic mass is 9.77. The summed E-state index contributed by atoms with van der Waals surface area (Å²) >= 11 is 1.47. The second-order valence-corrected chi connectivity index (χ2v) is 19.3. The summed E-state index contributed by atoms with van der Waals surface area (Å²) in [6.45, 7) is 13.0. The number of nitrogens with zero attached hydrogens (tertiary/aromatic N) is 3. The average Bonchev–Trinajstić information content (AvgIpc) is 3.83. The number of carbonyl (C=O) groups excluding carboxylic acids is 3. The van der Waals surface area contributed by atoms with Gasteiger partial charge in [-0.3, -0.25) is 15.0 Å². The number of benzene rings is 2. The summed E-state index contributed by atoms with van der Waals surface area (Å²) < 4.78 is 108. The van der Waals surface area contributed by atoms with Crippen LogP contribution in [0.2, 0.25) is 0 Å². The van der Waals surface area contributed by atoms with E-state index < -0.39 is 70.0 Å². The number of hydroxylamine groups is 2. The van der Waals surface area contributed by atoms with Crippen molar-refractivity contribution in [2.24, 2.45) is 0 Å². The van der Waals surface area contributed by atoms with E-state index in [-0.39, 0.29) is 96.8 Å². The highest BCUT2D eigenvalue weighted by atomic mass is 32.2. The minimum absolute atomic E-state index is 0. The van der Waals surface area contributed by atoms with Crippen molar-refractivity contribution in [1.29, 1.82) is 0 Å². The summed E-state index contributed by atoms with van der Waals surface area (Å²) in [5.74, 6) is -3.06. The van der Waals surface area contributed by atoms with E-state index in [0.29, 0.717) is 54.2 Å². The van der Waals surface area contributed by atoms with Crippen molar-refractivity contribution in [2.75, 3.05) is 23.0 Å². The number of para-hydroxylation sites is 1. The Balaban J connectivity index is -0.000000563. The van der Waals surface area contributed by atoms with E-state index in [1.165, 1.54) is 29.5 Å². The van der Waals surface area contributed by atoms with Crippen LogP contribution in [0.3, 0.4) is 0 Å². The second kappa shape index (κ2) is 37.1. The van der Waals surface area contributed by atoms with Crippen LogP contribution in [-0.4, -0.2) is 86.5 Å². The van der Waals surface area contributed by atoms with Crippen LogP contribution in [0.5, 0.6) is 0 Å². The lowest BCUT2D eigenvalue weighted by Gasteiger charge is -2.31. The molecule has 1 unspecified atom stereocenters. The molecule has 0 spiro atoms. The highest BCUT2D eigenvalue weighted by Crippen LogP contribution is 2.51. The van der Waals surface area contributed by atoms with E-state index in [1.54, 1.807) is 29.2 Å². The van der Waals surface area contributed by atoms with Crippen molar-refractivity contribution in [2.45, 2.75) is 161 Å². The van der Waals surface area contributed by atoms with Gasteiger partial charge in [0.1, 0.15) is 21.5 Å². The van der Waals surface area contributed by atoms with E-state index in [0.717, 1.165) is 15.2 Å². The largest absolute Gasteiger partial charge is 0.748 e. The number of imide groups is 1. The molecule has 0 aliphatic carbocycles. The summed E-state index contributed by atoms with van der Waals surface area (Å²) in [6.07, 6.45) is 10.5. The van der Waals surface area contributed by atoms with Crippen molar-refractivity contribution >= 4 is 88.2 Å². The fraction of sp³-hybridized carbons (Fsp3) is 0.531. The molecule has 0 radical (unpaired) electrons. The van der Waals surface area contributed by atoms with Crippen LogP contribution in [0.4, 0.5) is 5.69 Å². The fourth-order valence-electron chi connectivity index (χ4n) is 6.98. The molecule has 71 heavy (non-hydrogen) atoms. The highest BCUT2D eigenvalue weighted by Gasteiger charge is 2.43. The monoisotopic (exact) mass is 1080 g/mol. The van der Waals surface area contributed by atoms with E-state index in [2.05, 4.69) is 12.1 Å². The Kier molecular flexibility index (Phi) is 42.0. The number of nitrogens with two attached hydrogens (primary N) is 1. The molecule has 1 aromatic heterocycles.